The van der Waals surface area contributed by atoms with Crippen molar-refractivity contribution in [1.82, 2.24) is 4.90 Å². The van der Waals surface area contributed by atoms with Gasteiger partial charge in [0.1, 0.15) is 11.6 Å². The number of benzene rings is 1. The van der Waals surface area contributed by atoms with Gasteiger partial charge in [0.15, 0.2) is 0 Å². The first-order valence-electron chi connectivity index (χ1n) is 6.48. The van der Waals surface area contributed by atoms with Gasteiger partial charge in [0.05, 0.1) is 6.04 Å². The molecule has 0 bridgehead atoms. The van der Waals surface area contributed by atoms with Crippen LogP contribution in [0.5, 0.6) is 5.75 Å². The molecule has 1 aromatic carbocycles. The molecule has 19 heavy (non-hydrogen) atoms. The van der Waals surface area contributed by atoms with Gasteiger partial charge in [-0.1, -0.05) is 6.07 Å². The normalized spacial score (nSPS) is 22.8. The zero-order valence-electron chi connectivity index (χ0n) is 11.0. The Hall–Kier alpha value is -1.62. The van der Waals surface area contributed by atoms with Crippen molar-refractivity contribution >= 4 is 5.91 Å². The largest absolute Gasteiger partial charge is 0.507 e. The van der Waals surface area contributed by atoms with Crippen molar-refractivity contribution in [2.75, 3.05) is 13.1 Å². The Kier molecular flexibility index (Phi) is 4.04. The number of phenolic OH excluding ortho intramolecular Hbond substituents is 1. The van der Waals surface area contributed by atoms with E-state index in [9.17, 15) is 14.3 Å². The summed E-state index contributed by atoms with van der Waals surface area (Å²) in [6.45, 7) is 2.74. The minimum absolute atomic E-state index is 0.0340. The number of amides is 1. The summed E-state index contributed by atoms with van der Waals surface area (Å²) < 4.78 is 13.0. The summed E-state index contributed by atoms with van der Waals surface area (Å²) in [6, 6.07) is 3.76. The van der Waals surface area contributed by atoms with Crippen LogP contribution in [0.2, 0.25) is 0 Å². The Morgan fingerprint density at radius 1 is 1.58 bits per heavy atom. The molecular weight excluding hydrogens is 247 g/mol. The van der Waals surface area contributed by atoms with Gasteiger partial charge >= 0.3 is 0 Å². The third-order valence-electron chi connectivity index (χ3n) is 3.72. The molecule has 0 radical (unpaired) electrons. The quantitative estimate of drug-likeness (QED) is 0.876. The van der Waals surface area contributed by atoms with Gasteiger partial charge in [-0.3, -0.25) is 4.79 Å². The minimum atomic E-state index is -0.480. The lowest BCUT2D eigenvalue weighted by atomic mass is 9.97. The number of halogens is 1. The summed E-state index contributed by atoms with van der Waals surface area (Å²) >= 11 is 0. The van der Waals surface area contributed by atoms with Crippen LogP contribution >= 0.6 is 0 Å². The molecule has 1 amide bonds. The summed E-state index contributed by atoms with van der Waals surface area (Å²) in [5.41, 5.74) is 6.17. The first-order chi connectivity index (χ1) is 9.02. The van der Waals surface area contributed by atoms with Crippen LogP contribution in [-0.4, -0.2) is 29.0 Å². The van der Waals surface area contributed by atoms with Gasteiger partial charge in [-0.15, -0.1) is 0 Å². The van der Waals surface area contributed by atoms with Crippen LogP contribution in [0.3, 0.4) is 0 Å². The first kappa shape index (κ1) is 13.8. The molecular formula is C14H19FN2O2. The van der Waals surface area contributed by atoms with Gasteiger partial charge in [0, 0.05) is 25.1 Å². The van der Waals surface area contributed by atoms with Gasteiger partial charge in [0.2, 0.25) is 5.91 Å². The molecule has 4 nitrogen and oxygen atoms in total. The molecule has 104 valence electrons. The van der Waals surface area contributed by atoms with Crippen molar-refractivity contribution in [2.24, 2.45) is 11.7 Å². The molecule has 1 fully saturated rings. The molecule has 0 aromatic heterocycles. The second-order valence-electron chi connectivity index (χ2n) is 5.07. The number of phenols is 1. The van der Waals surface area contributed by atoms with Crippen molar-refractivity contribution in [3.63, 3.8) is 0 Å². The summed E-state index contributed by atoms with van der Waals surface area (Å²) in [4.78, 5) is 13.4. The minimum Gasteiger partial charge on any atom is -0.507 e. The Bertz CT molecular complexity index is 479. The molecule has 0 aliphatic carbocycles. The predicted molar refractivity (Wildman–Crippen MR) is 70.0 cm³/mol. The Balaban J connectivity index is 2.27. The maximum Gasteiger partial charge on any atom is 0.219 e. The number of aromatic hydroxyl groups is 1. The van der Waals surface area contributed by atoms with Crippen LogP contribution < -0.4 is 5.73 Å². The van der Waals surface area contributed by atoms with Crippen molar-refractivity contribution in [2.45, 2.75) is 25.8 Å². The second kappa shape index (κ2) is 5.57. The Morgan fingerprint density at radius 2 is 2.32 bits per heavy atom. The van der Waals surface area contributed by atoms with E-state index in [1.165, 1.54) is 13.0 Å². The predicted octanol–water partition coefficient (Wildman–Crippen LogP) is 1.79. The second-order valence-corrected chi connectivity index (χ2v) is 5.07. The summed E-state index contributed by atoms with van der Waals surface area (Å²) in [5, 5.41) is 9.86. The van der Waals surface area contributed by atoms with Crippen molar-refractivity contribution in [3.8, 4) is 5.75 Å². The van der Waals surface area contributed by atoms with Crippen molar-refractivity contribution < 1.29 is 14.3 Å². The van der Waals surface area contributed by atoms with Crippen molar-refractivity contribution in [1.29, 1.82) is 0 Å². The van der Waals surface area contributed by atoms with Crippen LogP contribution in [-0.2, 0) is 4.79 Å². The van der Waals surface area contributed by atoms with Crippen LogP contribution in [0.25, 0.3) is 0 Å². The molecule has 2 unspecified atom stereocenters. The third-order valence-corrected chi connectivity index (χ3v) is 3.72. The zero-order chi connectivity index (χ0) is 14.0. The first-order valence-corrected chi connectivity index (χ1v) is 6.48. The standard InChI is InChI=1S/C14H19FN2O2/c1-9(18)17-8-10(4-5-16)6-13(17)12-3-2-11(15)7-14(12)19/h2-3,7,10,13,19H,4-6,8,16H2,1H3. The van der Waals surface area contributed by atoms with E-state index in [0.717, 1.165) is 18.9 Å². The maximum absolute atomic E-state index is 13.0. The highest BCUT2D eigenvalue weighted by Gasteiger charge is 2.35. The molecule has 0 spiro atoms. The fourth-order valence-electron chi connectivity index (χ4n) is 2.81. The van der Waals surface area contributed by atoms with E-state index in [0.29, 0.717) is 24.6 Å². The summed E-state index contributed by atoms with van der Waals surface area (Å²) in [5.74, 6) is -0.270. The van der Waals surface area contributed by atoms with E-state index in [2.05, 4.69) is 0 Å². The van der Waals surface area contributed by atoms with Gasteiger partial charge in [-0.25, -0.2) is 4.39 Å². The molecule has 3 N–H and O–H groups in total. The lowest BCUT2D eigenvalue weighted by Crippen LogP contribution is -2.29. The van der Waals surface area contributed by atoms with Crippen molar-refractivity contribution in [3.05, 3.63) is 29.6 Å². The van der Waals surface area contributed by atoms with E-state index < -0.39 is 5.82 Å². The Labute approximate surface area is 112 Å². The number of nitrogens with zero attached hydrogens (tertiary/aromatic N) is 1. The molecule has 1 heterocycles. The molecule has 1 saturated heterocycles. The molecule has 2 atom stereocenters. The number of likely N-dealkylation sites (tertiary alicyclic amines) is 1. The van der Waals surface area contributed by atoms with E-state index in [1.54, 1.807) is 11.0 Å². The fourth-order valence-corrected chi connectivity index (χ4v) is 2.81. The molecule has 1 aliphatic heterocycles. The van der Waals surface area contributed by atoms with Gasteiger partial charge in [0.25, 0.3) is 0 Å². The highest BCUT2D eigenvalue weighted by atomic mass is 19.1. The van der Waals surface area contributed by atoms with Crippen LogP contribution in [0.15, 0.2) is 18.2 Å². The maximum atomic E-state index is 13.0. The van der Waals surface area contributed by atoms with Gasteiger partial charge < -0.3 is 15.7 Å². The zero-order valence-corrected chi connectivity index (χ0v) is 11.0. The third kappa shape index (κ3) is 2.87. The number of hydrogen-bond donors (Lipinski definition) is 2. The van der Waals surface area contributed by atoms with E-state index in [-0.39, 0.29) is 17.7 Å². The molecule has 1 aromatic rings. The summed E-state index contributed by atoms with van der Waals surface area (Å²) in [6.07, 6.45) is 1.61. The monoisotopic (exact) mass is 266 g/mol. The number of carbonyl (C=O) groups is 1. The SMILES string of the molecule is CC(=O)N1CC(CCN)CC1c1ccc(F)cc1O. The molecule has 2 rings (SSSR count). The molecule has 0 saturated carbocycles. The highest BCUT2D eigenvalue weighted by molar-refractivity contribution is 5.74. The highest BCUT2D eigenvalue weighted by Crippen LogP contribution is 2.40. The van der Waals surface area contributed by atoms with E-state index >= 15 is 0 Å². The number of carbonyl (C=O) groups excluding carboxylic acids is 1. The van der Waals surface area contributed by atoms with Crippen LogP contribution in [0.1, 0.15) is 31.4 Å². The number of nitrogens with two attached hydrogens (primary N) is 1. The smallest absolute Gasteiger partial charge is 0.219 e. The van der Waals surface area contributed by atoms with E-state index in [4.69, 9.17) is 5.73 Å². The van der Waals surface area contributed by atoms with Crippen LogP contribution in [0.4, 0.5) is 4.39 Å². The topological polar surface area (TPSA) is 66.6 Å². The summed E-state index contributed by atoms with van der Waals surface area (Å²) in [7, 11) is 0. The van der Waals surface area contributed by atoms with Gasteiger partial charge in [-0.2, -0.15) is 0 Å². The van der Waals surface area contributed by atoms with Crippen LogP contribution in [0, 0.1) is 11.7 Å². The molecule has 5 heteroatoms. The van der Waals surface area contributed by atoms with E-state index in [1.807, 2.05) is 0 Å². The average molecular weight is 266 g/mol. The van der Waals surface area contributed by atoms with Gasteiger partial charge in [-0.05, 0) is 31.4 Å². The average Bonchev–Trinajstić information content (AvgIpc) is 2.73. The number of hydrogen-bond acceptors (Lipinski definition) is 3. The lowest BCUT2D eigenvalue weighted by molar-refractivity contribution is -0.129. The fraction of sp³-hybridized carbons (Fsp3) is 0.500. The molecule has 1 aliphatic rings. The number of rotatable bonds is 3. The Morgan fingerprint density at radius 3 is 2.89 bits per heavy atom. The lowest BCUT2D eigenvalue weighted by Gasteiger charge is -2.24.